The first kappa shape index (κ1) is 33.3. The van der Waals surface area contributed by atoms with Gasteiger partial charge in [-0.2, -0.15) is 0 Å². The predicted octanol–water partition coefficient (Wildman–Crippen LogP) is 6.18. The summed E-state index contributed by atoms with van der Waals surface area (Å²) in [5.41, 5.74) is 0.116. The van der Waals surface area contributed by atoms with Crippen LogP contribution in [0.25, 0.3) is 0 Å². The highest BCUT2D eigenvalue weighted by Crippen LogP contribution is 2.50. The van der Waals surface area contributed by atoms with Crippen LogP contribution in [0.2, 0.25) is 0 Å². The van der Waals surface area contributed by atoms with Crippen LogP contribution in [0.5, 0.6) is 5.75 Å². The van der Waals surface area contributed by atoms with Gasteiger partial charge in [-0.1, -0.05) is 70.7 Å². The van der Waals surface area contributed by atoms with Gasteiger partial charge in [-0.05, 0) is 76.0 Å². The van der Waals surface area contributed by atoms with Gasteiger partial charge in [0.2, 0.25) is 10.0 Å². The molecule has 1 amide bonds. The Morgan fingerprint density at radius 3 is 2.36 bits per heavy atom. The first-order chi connectivity index (χ1) is 19.6. The van der Waals surface area contributed by atoms with Gasteiger partial charge >= 0.3 is 0 Å². The van der Waals surface area contributed by atoms with Crippen molar-refractivity contribution in [3.8, 4) is 5.75 Å². The molecule has 2 atom stereocenters. The number of sulfonamides is 1. The fourth-order valence-electron chi connectivity index (χ4n) is 5.93. The molecule has 4 rings (SSSR count). The molecule has 2 heterocycles. The highest BCUT2D eigenvalue weighted by atomic mass is 32.2. The van der Waals surface area contributed by atoms with Gasteiger partial charge in [-0.3, -0.25) is 9.79 Å². The zero-order valence-corrected chi connectivity index (χ0v) is 28.2. The summed E-state index contributed by atoms with van der Waals surface area (Å²) in [7, 11) is -3.84. The lowest BCUT2D eigenvalue weighted by Crippen LogP contribution is -2.41. The van der Waals surface area contributed by atoms with Crippen molar-refractivity contribution >= 4 is 32.7 Å². The average molecular weight is 622 g/mol. The summed E-state index contributed by atoms with van der Waals surface area (Å²) in [6.45, 7) is 15.5. The zero-order chi connectivity index (χ0) is 30.8. The Bertz CT molecular complexity index is 1240. The topological polar surface area (TPSA) is 106 Å². The smallest absolute Gasteiger partial charge is 0.276 e. The number of thioether (sulfide) groups is 1. The minimum atomic E-state index is -3.84. The lowest BCUT2D eigenvalue weighted by molar-refractivity contribution is -0.115. The van der Waals surface area contributed by atoms with Gasteiger partial charge in [0.05, 0.1) is 17.4 Å². The summed E-state index contributed by atoms with van der Waals surface area (Å²) < 4.78 is 40.9. The van der Waals surface area contributed by atoms with E-state index >= 15 is 0 Å². The van der Waals surface area contributed by atoms with Gasteiger partial charge in [-0.25, -0.2) is 13.1 Å². The molecule has 2 unspecified atom stereocenters. The fraction of sp³-hybridized carbons (Fsp3) is 0.750. The van der Waals surface area contributed by atoms with Crippen molar-refractivity contribution in [2.45, 2.75) is 127 Å². The van der Waals surface area contributed by atoms with Crippen LogP contribution in [0, 0.1) is 11.3 Å². The van der Waals surface area contributed by atoms with Crippen molar-refractivity contribution in [3.63, 3.8) is 0 Å². The summed E-state index contributed by atoms with van der Waals surface area (Å²) in [4.78, 5) is 18.7. The molecule has 2 fully saturated rings. The second kappa shape index (κ2) is 13.2. The van der Waals surface area contributed by atoms with Crippen molar-refractivity contribution in [2.75, 3.05) is 19.8 Å². The summed E-state index contributed by atoms with van der Waals surface area (Å²) in [6.07, 6.45) is 8.64. The number of carbonyl (C=O) groups is 1. The average Bonchev–Trinajstić information content (AvgIpc) is 3.24. The molecule has 42 heavy (non-hydrogen) atoms. The second-order valence-electron chi connectivity index (χ2n) is 14.6. The van der Waals surface area contributed by atoms with E-state index in [1.807, 2.05) is 32.9 Å². The molecule has 0 aromatic heterocycles. The number of rotatable bonds is 9. The number of benzene rings is 1. The molecule has 10 heteroatoms. The molecule has 1 aromatic rings. The highest BCUT2D eigenvalue weighted by Gasteiger charge is 2.46. The maximum Gasteiger partial charge on any atom is 0.276 e. The largest absolute Gasteiger partial charge is 0.492 e. The van der Waals surface area contributed by atoms with Crippen LogP contribution in [0.3, 0.4) is 0 Å². The third-order valence-electron chi connectivity index (χ3n) is 8.16. The van der Waals surface area contributed by atoms with Crippen molar-refractivity contribution in [1.29, 1.82) is 0 Å². The third kappa shape index (κ3) is 8.73. The molecule has 1 aromatic carbocycles. The lowest BCUT2D eigenvalue weighted by Gasteiger charge is -2.34. The van der Waals surface area contributed by atoms with Gasteiger partial charge in [0.15, 0.2) is 5.04 Å². The van der Waals surface area contributed by atoms with E-state index in [4.69, 9.17) is 14.5 Å². The number of aliphatic imine (C=N–C) groups is 1. The summed E-state index contributed by atoms with van der Waals surface area (Å²) in [5, 5.41) is 3.70. The van der Waals surface area contributed by atoms with E-state index in [1.54, 1.807) is 6.07 Å². The van der Waals surface area contributed by atoms with E-state index in [9.17, 15) is 13.2 Å². The maximum atomic E-state index is 13.5. The van der Waals surface area contributed by atoms with E-state index < -0.39 is 20.3 Å². The Hall–Kier alpha value is -1.62. The molecule has 0 bridgehead atoms. The normalized spacial score (nSPS) is 24.8. The summed E-state index contributed by atoms with van der Waals surface area (Å²) in [6, 6.07) is 5.41. The molecule has 0 spiro atoms. The van der Waals surface area contributed by atoms with Gasteiger partial charge < -0.3 is 14.8 Å². The van der Waals surface area contributed by atoms with Crippen molar-refractivity contribution < 1.29 is 22.7 Å². The molecule has 0 radical (unpaired) electrons. The Balaban J connectivity index is 1.69. The molecule has 3 aliphatic rings. The van der Waals surface area contributed by atoms with Crippen LogP contribution < -0.4 is 14.8 Å². The summed E-state index contributed by atoms with van der Waals surface area (Å²) >= 11 is 1.50. The minimum Gasteiger partial charge on any atom is -0.492 e. The molecule has 236 valence electrons. The zero-order valence-electron chi connectivity index (χ0n) is 26.5. The molecule has 1 saturated carbocycles. The Labute approximate surface area is 257 Å². The first-order valence-electron chi connectivity index (χ1n) is 15.5. The molecule has 2 aliphatic heterocycles. The van der Waals surface area contributed by atoms with Gasteiger partial charge in [0.1, 0.15) is 10.6 Å². The number of amides is 1. The number of hydrogen-bond donors (Lipinski definition) is 2. The van der Waals surface area contributed by atoms with Crippen LogP contribution in [-0.4, -0.2) is 56.8 Å². The molecule has 1 saturated heterocycles. The van der Waals surface area contributed by atoms with Gasteiger partial charge in [0.25, 0.3) is 5.91 Å². The number of carbonyl (C=O) groups excluding carboxylic acids is 1. The number of hydrogen-bond acceptors (Lipinski definition) is 7. The fourth-order valence-corrected chi connectivity index (χ4v) is 8.73. The quantitative estimate of drug-likeness (QED) is 0.341. The highest BCUT2D eigenvalue weighted by molar-refractivity contribution is 8.16. The first-order valence-corrected chi connectivity index (χ1v) is 17.8. The monoisotopic (exact) mass is 621 g/mol. The van der Waals surface area contributed by atoms with E-state index in [0.717, 1.165) is 24.8 Å². The van der Waals surface area contributed by atoms with E-state index in [0.29, 0.717) is 36.5 Å². The Morgan fingerprint density at radius 2 is 1.74 bits per heavy atom. The van der Waals surface area contributed by atoms with E-state index in [-0.39, 0.29) is 28.3 Å². The van der Waals surface area contributed by atoms with Crippen LogP contribution in [0.1, 0.15) is 105 Å². The van der Waals surface area contributed by atoms with Crippen LogP contribution >= 0.6 is 11.8 Å². The summed E-state index contributed by atoms with van der Waals surface area (Å²) in [5.74, 6) is 0.775. The number of nitrogens with zero attached hydrogens (tertiary/aromatic N) is 1. The van der Waals surface area contributed by atoms with Crippen LogP contribution in [0.4, 0.5) is 0 Å². The standard InChI is InChI=1S/C32H51N3O5S2/c1-30(2,3)21-40-25-20-23(13-14-26(25)42(37,38)35-31(4,5)6)32(7)27(19-22-11-9-8-10-12-22)34-29(41-32)28(36)33-24-15-17-39-18-16-24/h13-14,20,22,24,27,35H,8-12,15-19,21H2,1-7H3,(H,33,36). The van der Waals surface area contributed by atoms with Crippen molar-refractivity contribution in [3.05, 3.63) is 23.8 Å². The third-order valence-corrected chi connectivity index (χ3v) is 11.4. The lowest BCUT2D eigenvalue weighted by atomic mass is 9.80. The Kier molecular flexibility index (Phi) is 10.4. The second-order valence-corrected chi connectivity index (χ2v) is 17.7. The molecule has 1 aliphatic carbocycles. The van der Waals surface area contributed by atoms with Crippen molar-refractivity contribution in [1.82, 2.24) is 10.0 Å². The van der Waals surface area contributed by atoms with Gasteiger partial charge in [0, 0.05) is 24.8 Å². The van der Waals surface area contributed by atoms with E-state index in [1.165, 1.54) is 43.9 Å². The molecule has 8 nitrogen and oxygen atoms in total. The SMILES string of the molecule is CC(C)(C)COc1cc(C2(C)SC(C(=O)NC3CCOCC3)=NC2CC2CCCCC2)ccc1S(=O)(=O)NC(C)(C)C. The molecule has 2 N–H and O–H groups in total. The Morgan fingerprint density at radius 1 is 1.07 bits per heavy atom. The van der Waals surface area contributed by atoms with Gasteiger partial charge in [-0.15, -0.1) is 0 Å². The van der Waals surface area contributed by atoms with Crippen molar-refractivity contribution in [2.24, 2.45) is 16.3 Å². The molecular formula is C32H51N3O5S2. The minimum absolute atomic E-state index is 0.0930. The number of ether oxygens (including phenoxy) is 2. The molecular weight excluding hydrogens is 571 g/mol. The predicted molar refractivity (Wildman–Crippen MR) is 171 cm³/mol. The number of nitrogens with one attached hydrogen (secondary N) is 2. The van der Waals surface area contributed by atoms with Crippen LogP contribution in [-0.2, 0) is 24.3 Å². The van der Waals surface area contributed by atoms with E-state index in [2.05, 4.69) is 37.7 Å². The van der Waals surface area contributed by atoms with Crippen LogP contribution in [0.15, 0.2) is 28.1 Å². The maximum absolute atomic E-state index is 13.5.